The summed E-state index contributed by atoms with van der Waals surface area (Å²) in [5.74, 6) is 0.530. The van der Waals surface area contributed by atoms with Gasteiger partial charge >= 0.3 is 0 Å². The Kier molecular flexibility index (Phi) is 5.84. The van der Waals surface area contributed by atoms with Gasteiger partial charge in [-0.3, -0.25) is 9.58 Å². The van der Waals surface area contributed by atoms with Crippen molar-refractivity contribution in [1.29, 1.82) is 0 Å². The number of aliphatic hydroxyl groups is 2. The maximum atomic E-state index is 8.83. The van der Waals surface area contributed by atoms with Crippen molar-refractivity contribution in [3.8, 4) is 0 Å². The van der Waals surface area contributed by atoms with Crippen molar-refractivity contribution in [3.63, 3.8) is 0 Å². The molecule has 0 saturated carbocycles. The number of nitrogens with two attached hydrogens (primary N) is 1. The van der Waals surface area contributed by atoms with Crippen LogP contribution in [0.4, 0.5) is 5.82 Å². The van der Waals surface area contributed by atoms with Gasteiger partial charge in [-0.2, -0.15) is 5.10 Å². The quantitative estimate of drug-likeness (QED) is 0.539. The lowest BCUT2D eigenvalue weighted by Crippen LogP contribution is -2.31. The highest BCUT2D eigenvalue weighted by molar-refractivity contribution is 5.23. The summed E-state index contributed by atoms with van der Waals surface area (Å²) >= 11 is 0. The molecule has 6 heteroatoms. The number of rotatable bonds is 8. The van der Waals surface area contributed by atoms with Crippen LogP contribution in [-0.4, -0.2) is 57.7 Å². The average molecular weight is 228 g/mol. The van der Waals surface area contributed by atoms with Gasteiger partial charge in [0.15, 0.2) is 0 Å². The second-order valence-corrected chi connectivity index (χ2v) is 3.65. The molecule has 0 bridgehead atoms. The third kappa shape index (κ3) is 4.61. The molecule has 0 spiro atoms. The average Bonchev–Trinajstić information content (AvgIpc) is 2.65. The van der Waals surface area contributed by atoms with E-state index in [1.54, 1.807) is 10.7 Å². The molecule has 0 saturated heterocycles. The van der Waals surface area contributed by atoms with Crippen LogP contribution in [0.25, 0.3) is 0 Å². The van der Waals surface area contributed by atoms with Gasteiger partial charge in [-0.15, -0.1) is 0 Å². The maximum Gasteiger partial charge on any atom is 0.145 e. The number of hydrogen-bond donors (Lipinski definition) is 3. The summed E-state index contributed by atoms with van der Waals surface area (Å²) in [6.07, 6.45) is 2.76. The molecule has 1 aromatic heterocycles. The minimum atomic E-state index is 0.120. The summed E-state index contributed by atoms with van der Waals surface area (Å²) in [7, 11) is 0. The van der Waals surface area contributed by atoms with E-state index in [0.717, 1.165) is 19.5 Å². The van der Waals surface area contributed by atoms with Crippen LogP contribution in [0.3, 0.4) is 0 Å². The third-order valence-corrected chi connectivity index (χ3v) is 2.36. The molecule has 0 atom stereocenters. The SMILES string of the molecule is Nc1ccn(CCCN(CCO)CCO)n1. The normalized spacial score (nSPS) is 11.2. The molecule has 1 rings (SSSR count). The van der Waals surface area contributed by atoms with Crippen molar-refractivity contribution >= 4 is 5.82 Å². The molecule has 0 radical (unpaired) electrons. The minimum absolute atomic E-state index is 0.120. The highest BCUT2D eigenvalue weighted by Crippen LogP contribution is 1.98. The van der Waals surface area contributed by atoms with Gasteiger partial charge in [0.05, 0.1) is 13.2 Å². The van der Waals surface area contributed by atoms with Gasteiger partial charge in [0.1, 0.15) is 5.82 Å². The van der Waals surface area contributed by atoms with Crippen molar-refractivity contribution in [3.05, 3.63) is 12.3 Å². The van der Waals surface area contributed by atoms with E-state index in [-0.39, 0.29) is 13.2 Å². The molecular weight excluding hydrogens is 208 g/mol. The molecule has 92 valence electrons. The fraction of sp³-hybridized carbons (Fsp3) is 0.700. The topological polar surface area (TPSA) is 87.5 Å². The monoisotopic (exact) mass is 228 g/mol. The number of nitrogens with zero attached hydrogens (tertiary/aromatic N) is 3. The first-order valence-electron chi connectivity index (χ1n) is 5.49. The van der Waals surface area contributed by atoms with Crippen LogP contribution in [0.15, 0.2) is 12.3 Å². The van der Waals surface area contributed by atoms with E-state index in [2.05, 4.69) is 5.10 Å². The molecule has 4 N–H and O–H groups in total. The first kappa shape index (κ1) is 13.0. The second kappa shape index (κ2) is 7.21. The molecule has 0 aliphatic heterocycles. The van der Waals surface area contributed by atoms with Crippen LogP contribution in [0.2, 0.25) is 0 Å². The molecule has 16 heavy (non-hydrogen) atoms. The zero-order valence-electron chi connectivity index (χ0n) is 9.42. The third-order valence-electron chi connectivity index (χ3n) is 2.36. The predicted molar refractivity (Wildman–Crippen MR) is 61.9 cm³/mol. The molecule has 1 heterocycles. The van der Waals surface area contributed by atoms with E-state index in [4.69, 9.17) is 15.9 Å². The van der Waals surface area contributed by atoms with E-state index in [9.17, 15) is 0 Å². The van der Waals surface area contributed by atoms with Crippen LogP contribution >= 0.6 is 0 Å². The molecular formula is C10H20N4O2. The Bertz CT molecular complexity index is 284. The lowest BCUT2D eigenvalue weighted by molar-refractivity contribution is 0.158. The fourth-order valence-electron chi connectivity index (χ4n) is 1.58. The van der Waals surface area contributed by atoms with Gasteiger partial charge < -0.3 is 15.9 Å². The number of anilines is 1. The summed E-state index contributed by atoms with van der Waals surface area (Å²) in [5.41, 5.74) is 5.50. The van der Waals surface area contributed by atoms with Crippen molar-refractivity contribution in [2.75, 3.05) is 38.6 Å². The summed E-state index contributed by atoms with van der Waals surface area (Å²) in [6, 6.07) is 1.76. The van der Waals surface area contributed by atoms with Gasteiger partial charge in [-0.25, -0.2) is 0 Å². The van der Waals surface area contributed by atoms with E-state index < -0.39 is 0 Å². The van der Waals surface area contributed by atoms with Gasteiger partial charge in [0.25, 0.3) is 0 Å². The van der Waals surface area contributed by atoms with Crippen molar-refractivity contribution in [2.24, 2.45) is 0 Å². The Morgan fingerprint density at radius 1 is 1.25 bits per heavy atom. The lowest BCUT2D eigenvalue weighted by atomic mass is 10.3. The second-order valence-electron chi connectivity index (χ2n) is 3.65. The molecule has 1 aromatic rings. The fourth-order valence-corrected chi connectivity index (χ4v) is 1.58. The summed E-state index contributed by atoms with van der Waals surface area (Å²) in [4.78, 5) is 2.02. The Morgan fingerprint density at radius 2 is 1.94 bits per heavy atom. The molecule has 0 amide bonds. The highest BCUT2D eigenvalue weighted by atomic mass is 16.3. The van der Waals surface area contributed by atoms with Gasteiger partial charge in [-0.05, 0) is 12.5 Å². The Balaban J connectivity index is 2.21. The lowest BCUT2D eigenvalue weighted by Gasteiger charge is -2.19. The number of aryl methyl sites for hydroxylation is 1. The zero-order chi connectivity index (χ0) is 11.8. The summed E-state index contributed by atoms with van der Waals surface area (Å²) in [6.45, 7) is 3.07. The molecule has 0 aromatic carbocycles. The van der Waals surface area contributed by atoms with E-state index in [0.29, 0.717) is 18.9 Å². The number of aromatic nitrogens is 2. The Morgan fingerprint density at radius 3 is 2.44 bits per heavy atom. The van der Waals surface area contributed by atoms with Crippen molar-refractivity contribution < 1.29 is 10.2 Å². The zero-order valence-corrected chi connectivity index (χ0v) is 9.42. The smallest absolute Gasteiger partial charge is 0.145 e. The van der Waals surface area contributed by atoms with Gasteiger partial charge in [0, 0.05) is 32.4 Å². The van der Waals surface area contributed by atoms with Crippen LogP contribution < -0.4 is 5.73 Å². The van der Waals surface area contributed by atoms with Crippen LogP contribution in [0.1, 0.15) is 6.42 Å². The van der Waals surface area contributed by atoms with Crippen LogP contribution in [-0.2, 0) is 6.54 Å². The van der Waals surface area contributed by atoms with E-state index >= 15 is 0 Å². The molecule has 0 fully saturated rings. The Labute approximate surface area is 95.3 Å². The van der Waals surface area contributed by atoms with Gasteiger partial charge in [0.2, 0.25) is 0 Å². The van der Waals surface area contributed by atoms with E-state index in [1.807, 2.05) is 11.1 Å². The Hall–Kier alpha value is -1.11. The highest BCUT2D eigenvalue weighted by Gasteiger charge is 2.03. The number of aliphatic hydroxyl groups excluding tert-OH is 2. The summed E-state index contributed by atoms with van der Waals surface area (Å²) < 4.78 is 1.80. The van der Waals surface area contributed by atoms with E-state index in [1.165, 1.54) is 0 Å². The van der Waals surface area contributed by atoms with Crippen molar-refractivity contribution in [1.82, 2.24) is 14.7 Å². The molecule has 0 aliphatic carbocycles. The van der Waals surface area contributed by atoms with Crippen LogP contribution in [0.5, 0.6) is 0 Å². The first-order valence-corrected chi connectivity index (χ1v) is 5.49. The largest absolute Gasteiger partial charge is 0.395 e. The first-order chi connectivity index (χ1) is 7.76. The molecule has 0 unspecified atom stereocenters. The standard InChI is InChI=1S/C10H20N4O2/c11-10-2-5-14(12-10)4-1-3-13(6-8-15)7-9-16/h2,5,15-16H,1,3-4,6-9H2,(H2,11,12). The van der Waals surface area contributed by atoms with Gasteiger partial charge in [-0.1, -0.05) is 0 Å². The number of nitrogen functional groups attached to an aromatic ring is 1. The van der Waals surface area contributed by atoms with Crippen LogP contribution in [0, 0.1) is 0 Å². The molecule has 6 nitrogen and oxygen atoms in total. The number of hydrogen-bond acceptors (Lipinski definition) is 5. The molecule has 0 aliphatic rings. The predicted octanol–water partition coefficient (Wildman–Crippen LogP) is -0.858. The minimum Gasteiger partial charge on any atom is -0.395 e. The van der Waals surface area contributed by atoms with Crippen molar-refractivity contribution in [2.45, 2.75) is 13.0 Å². The maximum absolute atomic E-state index is 8.83. The summed E-state index contributed by atoms with van der Waals surface area (Å²) in [5, 5.41) is 21.7.